The molecule has 34 heavy (non-hydrogen) atoms. The van der Waals surface area contributed by atoms with Gasteiger partial charge in [-0.1, -0.05) is 0 Å². The standard InChI is InChI=1S/C22H21F3N3O2.3CH3.Sn/c1-15-20(22(23,24)25)12-26-21(27-15)28(13-16-4-8-18(29-2)9-5-16)14-17-6-10-19(30-3)11-7-17;;;;/h4-11H,13-14H2,1-3H3;3*1H3;. The van der Waals surface area contributed by atoms with Crippen LogP contribution in [0.5, 0.6) is 11.5 Å². The fraction of sp³-hybridized carbons (Fsp3) is 0.360. The fourth-order valence-corrected chi connectivity index (χ4v) is 7.99. The van der Waals surface area contributed by atoms with E-state index >= 15 is 0 Å². The van der Waals surface area contributed by atoms with Gasteiger partial charge in [-0.05, 0) is 0 Å². The Kier molecular flexibility index (Phi) is 8.00. The number of alkyl halides is 3. The van der Waals surface area contributed by atoms with Gasteiger partial charge in [-0.2, -0.15) is 0 Å². The molecule has 0 saturated carbocycles. The summed E-state index contributed by atoms with van der Waals surface area (Å²) in [6, 6.07) is 15.2. The monoisotopic (exact) mass is 581 g/mol. The molecule has 2 aromatic carbocycles. The van der Waals surface area contributed by atoms with E-state index in [9.17, 15) is 13.2 Å². The van der Waals surface area contributed by atoms with Crippen molar-refractivity contribution < 1.29 is 22.6 Å². The predicted molar refractivity (Wildman–Crippen MR) is 131 cm³/mol. The molecule has 1 heterocycles. The number of nitrogens with zero attached hydrogens (tertiary/aromatic N) is 3. The number of rotatable bonds is 8. The minimum atomic E-state index is -4.49. The van der Waals surface area contributed by atoms with E-state index in [1.54, 1.807) is 14.2 Å². The van der Waals surface area contributed by atoms with Gasteiger partial charge in [0.15, 0.2) is 0 Å². The van der Waals surface area contributed by atoms with E-state index in [1.807, 2.05) is 68.2 Å². The first-order valence-electron chi connectivity index (χ1n) is 10.9. The summed E-state index contributed by atoms with van der Waals surface area (Å²) in [4.78, 5) is 16.6. The van der Waals surface area contributed by atoms with Crippen LogP contribution in [0.1, 0.15) is 22.4 Å². The quantitative estimate of drug-likeness (QED) is 0.326. The van der Waals surface area contributed by atoms with Crippen molar-refractivity contribution in [2.75, 3.05) is 19.1 Å². The molecule has 0 aliphatic heterocycles. The Hall–Kier alpha value is -2.49. The molecular formula is C25H30F3N3O2Sn. The summed E-state index contributed by atoms with van der Waals surface area (Å²) < 4.78 is 52.4. The molecule has 0 aliphatic rings. The van der Waals surface area contributed by atoms with Crippen molar-refractivity contribution in [1.29, 1.82) is 0 Å². The maximum absolute atomic E-state index is 13.9. The minimum absolute atomic E-state index is 0.0337. The number of hydrogen-bond acceptors (Lipinski definition) is 5. The number of methoxy groups -OCH3 is 2. The van der Waals surface area contributed by atoms with Crippen LogP contribution in [-0.2, 0) is 19.3 Å². The van der Waals surface area contributed by atoms with Crippen molar-refractivity contribution in [2.45, 2.75) is 41.0 Å². The Bertz CT molecular complexity index is 1060. The van der Waals surface area contributed by atoms with E-state index in [-0.39, 0.29) is 9.40 Å². The van der Waals surface area contributed by atoms with Crippen LogP contribution < -0.4 is 18.1 Å². The number of aryl methyl sites for hydroxylation is 1. The molecule has 0 saturated heterocycles. The molecule has 0 unspecified atom stereocenters. The van der Waals surface area contributed by atoms with Crippen LogP contribution in [0.25, 0.3) is 0 Å². The number of anilines is 1. The Balaban J connectivity index is 2.08. The van der Waals surface area contributed by atoms with E-state index in [2.05, 4.69) is 9.97 Å². The molecular weight excluding hydrogens is 550 g/mol. The number of hydrogen-bond donors (Lipinski definition) is 0. The summed E-state index contributed by atoms with van der Waals surface area (Å²) in [5, 5.41) is 0. The van der Waals surface area contributed by atoms with Crippen molar-refractivity contribution in [3.8, 4) is 11.5 Å². The third kappa shape index (κ3) is 6.34. The number of ether oxygens (including phenoxy) is 2. The second-order valence-corrected chi connectivity index (χ2v) is 23.3. The Labute approximate surface area is 202 Å². The van der Waals surface area contributed by atoms with Crippen LogP contribution in [0, 0.1) is 6.92 Å². The average Bonchev–Trinajstić information content (AvgIpc) is 2.77. The molecule has 5 nitrogen and oxygen atoms in total. The topological polar surface area (TPSA) is 47.5 Å². The zero-order chi connectivity index (χ0) is 25.1. The molecule has 9 heteroatoms. The first kappa shape index (κ1) is 26.1. The van der Waals surface area contributed by atoms with Gasteiger partial charge in [0, 0.05) is 0 Å². The molecule has 1 aromatic heterocycles. The Morgan fingerprint density at radius 3 is 1.59 bits per heavy atom. The van der Waals surface area contributed by atoms with Gasteiger partial charge < -0.3 is 0 Å². The van der Waals surface area contributed by atoms with Crippen molar-refractivity contribution in [1.82, 2.24) is 9.97 Å². The molecule has 3 aromatic rings. The van der Waals surface area contributed by atoms with Crippen molar-refractivity contribution in [2.24, 2.45) is 0 Å². The molecule has 182 valence electrons. The summed E-state index contributed by atoms with van der Waals surface area (Å²) in [6.07, 6.45) is -4.49. The molecule has 0 radical (unpaired) electrons. The first-order chi connectivity index (χ1) is 15.9. The first-order valence-corrected chi connectivity index (χ1v) is 20.9. The van der Waals surface area contributed by atoms with Crippen LogP contribution in [0.3, 0.4) is 0 Å². The Morgan fingerprint density at radius 1 is 0.794 bits per heavy atom. The van der Waals surface area contributed by atoms with Crippen LogP contribution in [0.2, 0.25) is 14.8 Å². The summed E-state index contributed by atoms with van der Waals surface area (Å²) in [7, 11) is 3.20. The van der Waals surface area contributed by atoms with E-state index in [4.69, 9.17) is 9.47 Å². The Morgan fingerprint density at radius 2 is 1.24 bits per heavy atom. The molecule has 0 amide bonds. The molecule has 0 aliphatic carbocycles. The zero-order valence-electron chi connectivity index (χ0n) is 20.3. The van der Waals surface area contributed by atoms with Gasteiger partial charge in [0.25, 0.3) is 0 Å². The van der Waals surface area contributed by atoms with Gasteiger partial charge in [-0.3, -0.25) is 0 Å². The van der Waals surface area contributed by atoms with Gasteiger partial charge in [-0.25, -0.2) is 0 Å². The molecule has 3 rings (SSSR count). The maximum atomic E-state index is 13.9. The SMILES string of the molecule is COc1ccc(CN(Cc2ccc(OC)cc2)c2nc(C)c(C(F)(F)F)[c]([Sn]([CH3])([CH3])[CH3])n2)cc1. The van der Waals surface area contributed by atoms with Gasteiger partial charge in [-0.15, -0.1) is 0 Å². The third-order valence-electron chi connectivity index (χ3n) is 5.42. The average molecular weight is 580 g/mol. The number of benzene rings is 2. The van der Waals surface area contributed by atoms with Crippen molar-refractivity contribution in [3.63, 3.8) is 0 Å². The molecule has 0 bridgehead atoms. The van der Waals surface area contributed by atoms with Crippen LogP contribution in [0.15, 0.2) is 48.5 Å². The molecule has 0 spiro atoms. The van der Waals surface area contributed by atoms with Crippen LogP contribution in [-0.4, -0.2) is 42.6 Å². The molecule has 0 fully saturated rings. The van der Waals surface area contributed by atoms with E-state index in [0.29, 0.717) is 19.0 Å². The number of aromatic nitrogens is 2. The van der Waals surface area contributed by atoms with Crippen molar-refractivity contribution >= 4 is 28.0 Å². The van der Waals surface area contributed by atoms with Gasteiger partial charge in [0.05, 0.1) is 0 Å². The zero-order valence-corrected chi connectivity index (χ0v) is 23.2. The summed E-state index contributed by atoms with van der Waals surface area (Å²) in [6.45, 7) is 2.29. The van der Waals surface area contributed by atoms with Gasteiger partial charge >= 0.3 is 203 Å². The predicted octanol–water partition coefficient (Wildman–Crippen LogP) is 5.57. The third-order valence-corrected chi connectivity index (χ3v) is 10.5. The second-order valence-electron chi connectivity index (χ2n) is 9.13. The van der Waals surface area contributed by atoms with E-state index < -0.39 is 30.1 Å². The van der Waals surface area contributed by atoms with Crippen molar-refractivity contribution in [3.05, 3.63) is 70.9 Å². The fourth-order valence-electron chi connectivity index (χ4n) is 3.68. The number of halogens is 3. The normalized spacial score (nSPS) is 11.9. The molecule has 0 atom stereocenters. The summed E-state index contributed by atoms with van der Waals surface area (Å²) in [5.41, 5.74) is 1.23. The van der Waals surface area contributed by atoms with Gasteiger partial charge in [0.2, 0.25) is 0 Å². The van der Waals surface area contributed by atoms with Crippen LogP contribution >= 0.6 is 0 Å². The van der Waals surface area contributed by atoms with E-state index in [0.717, 1.165) is 22.6 Å². The molecule has 0 N–H and O–H groups in total. The summed E-state index contributed by atoms with van der Waals surface area (Å²) >= 11 is -3.26. The van der Waals surface area contributed by atoms with E-state index in [1.165, 1.54) is 6.92 Å². The van der Waals surface area contributed by atoms with Crippen LogP contribution in [0.4, 0.5) is 19.1 Å². The van der Waals surface area contributed by atoms with Gasteiger partial charge in [0.1, 0.15) is 0 Å². The summed E-state index contributed by atoms with van der Waals surface area (Å²) in [5.74, 6) is 1.77. The second kappa shape index (κ2) is 10.4.